The normalized spacial score (nSPS) is 22.8. The molecule has 1 aliphatic carbocycles. The third-order valence-electron chi connectivity index (χ3n) is 7.31. The molecule has 1 saturated heterocycles. The van der Waals surface area contributed by atoms with Gasteiger partial charge in [0.1, 0.15) is 0 Å². The van der Waals surface area contributed by atoms with Crippen LogP contribution in [0.15, 0.2) is 97.2 Å². The summed E-state index contributed by atoms with van der Waals surface area (Å²) in [5, 5.41) is 0. The van der Waals surface area contributed by atoms with Gasteiger partial charge in [0.15, 0.2) is 0 Å². The van der Waals surface area contributed by atoms with E-state index in [-0.39, 0.29) is 18.8 Å². The maximum absolute atomic E-state index is 6.28. The second-order valence-electron chi connectivity index (χ2n) is 9.51. The number of pyridine rings is 1. The number of hydrogen-bond acceptors (Lipinski definition) is 3. The van der Waals surface area contributed by atoms with Gasteiger partial charge in [0.25, 0.3) is 0 Å². The van der Waals surface area contributed by atoms with E-state index in [1.54, 1.807) is 0 Å². The lowest BCUT2D eigenvalue weighted by atomic mass is 9.69. The first-order valence-electron chi connectivity index (χ1n) is 11.6. The molecule has 6 rings (SSSR count). The summed E-state index contributed by atoms with van der Waals surface area (Å²) in [5.41, 5.74) is 7.43. The van der Waals surface area contributed by atoms with Gasteiger partial charge in [-0.15, -0.1) is 0 Å². The Bertz CT molecular complexity index is 1280. The fourth-order valence-electron chi connectivity index (χ4n) is 5.35. The fourth-order valence-corrected chi connectivity index (χ4v) is 5.35. The fraction of sp³-hybridized carbons (Fsp3) is 0.207. The Morgan fingerprint density at radius 3 is 2.24 bits per heavy atom. The summed E-state index contributed by atoms with van der Waals surface area (Å²) in [6.45, 7) is 6.24. The van der Waals surface area contributed by atoms with Gasteiger partial charge in [-0.1, -0.05) is 78.9 Å². The van der Waals surface area contributed by atoms with Crippen LogP contribution in [0.4, 0.5) is 0 Å². The van der Waals surface area contributed by atoms with Gasteiger partial charge in [-0.2, -0.15) is 0 Å². The number of hydrogen-bond donors (Lipinski definition) is 0. The number of aromatic nitrogens is 1. The highest BCUT2D eigenvalue weighted by atomic mass is 16.7. The first-order valence-corrected chi connectivity index (χ1v) is 11.6. The molecule has 4 heteroatoms. The molecular weight excluding hydrogens is 405 g/mol. The number of rotatable bonds is 3. The standard InChI is InChI=1S/C29H26BNO2/c1-20-28(2,3)33-30(32-20)22-16-17-26-24(19-22)23-13-7-8-14-25(23)29(26,21-11-5-4-6-12-21)27-15-9-10-18-31-27/h4-20H,1-3H3. The second kappa shape index (κ2) is 7.41. The summed E-state index contributed by atoms with van der Waals surface area (Å²) in [6, 6.07) is 32.2. The minimum absolute atomic E-state index is 0.0277. The highest BCUT2D eigenvalue weighted by Crippen LogP contribution is 2.55. The van der Waals surface area contributed by atoms with E-state index in [2.05, 4.69) is 106 Å². The van der Waals surface area contributed by atoms with Crippen LogP contribution >= 0.6 is 0 Å². The van der Waals surface area contributed by atoms with Crippen LogP contribution in [0.1, 0.15) is 43.2 Å². The first kappa shape index (κ1) is 20.4. The van der Waals surface area contributed by atoms with E-state index in [9.17, 15) is 0 Å². The summed E-state index contributed by atoms with van der Waals surface area (Å²) in [4.78, 5) is 4.89. The molecule has 1 fully saturated rings. The summed E-state index contributed by atoms with van der Waals surface area (Å²) in [6.07, 6.45) is 1.92. The monoisotopic (exact) mass is 431 g/mol. The van der Waals surface area contributed by atoms with Crippen LogP contribution in [0.3, 0.4) is 0 Å². The molecule has 2 heterocycles. The van der Waals surface area contributed by atoms with Crippen molar-refractivity contribution in [1.82, 2.24) is 4.98 Å². The lowest BCUT2D eigenvalue weighted by Crippen LogP contribution is -2.35. The number of benzene rings is 3. The Morgan fingerprint density at radius 2 is 1.52 bits per heavy atom. The maximum Gasteiger partial charge on any atom is 0.494 e. The Balaban J connectivity index is 1.62. The van der Waals surface area contributed by atoms with Gasteiger partial charge in [-0.25, -0.2) is 0 Å². The van der Waals surface area contributed by atoms with Crippen molar-refractivity contribution in [1.29, 1.82) is 0 Å². The predicted molar refractivity (Wildman–Crippen MR) is 133 cm³/mol. The molecule has 4 aromatic rings. The third kappa shape index (κ3) is 2.94. The Labute approximate surface area is 195 Å². The van der Waals surface area contributed by atoms with E-state index < -0.39 is 5.41 Å². The second-order valence-corrected chi connectivity index (χ2v) is 9.51. The van der Waals surface area contributed by atoms with Gasteiger partial charge in [0.2, 0.25) is 0 Å². The molecule has 0 N–H and O–H groups in total. The van der Waals surface area contributed by atoms with Crippen molar-refractivity contribution in [3.63, 3.8) is 0 Å². The average molecular weight is 431 g/mol. The van der Waals surface area contributed by atoms with Gasteiger partial charge in [0.05, 0.1) is 22.8 Å². The number of nitrogens with zero attached hydrogens (tertiary/aromatic N) is 1. The molecule has 1 aliphatic heterocycles. The Kier molecular flexibility index (Phi) is 4.58. The van der Waals surface area contributed by atoms with Crippen molar-refractivity contribution >= 4 is 12.6 Å². The van der Waals surface area contributed by atoms with E-state index >= 15 is 0 Å². The summed E-state index contributed by atoms with van der Waals surface area (Å²) in [5.74, 6) is 0. The van der Waals surface area contributed by atoms with E-state index in [1.165, 1.54) is 27.8 Å². The zero-order valence-electron chi connectivity index (χ0n) is 19.2. The van der Waals surface area contributed by atoms with Crippen molar-refractivity contribution in [3.8, 4) is 11.1 Å². The molecule has 0 amide bonds. The first-order chi connectivity index (χ1) is 16.0. The van der Waals surface area contributed by atoms with Crippen molar-refractivity contribution in [2.24, 2.45) is 0 Å². The Hall–Kier alpha value is -3.21. The molecule has 0 radical (unpaired) electrons. The van der Waals surface area contributed by atoms with Crippen LogP contribution in [0.5, 0.6) is 0 Å². The molecule has 0 bridgehead atoms. The zero-order valence-corrected chi connectivity index (χ0v) is 19.2. The predicted octanol–water partition coefficient (Wildman–Crippen LogP) is 5.35. The van der Waals surface area contributed by atoms with Gasteiger partial charge in [-0.3, -0.25) is 4.98 Å². The lowest BCUT2D eigenvalue weighted by Gasteiger charge is -2.32. The lowest BCUT2D eigenvalue weighted by molar-refractivity contribution is 0.0842. The molecule has 2 unspecified atom stereocenters. The molecular formula is C29H26BNO2. The highest BCUT2D eigenvalue weighted by molar-refractivity contribution is 6.62. The van der Waals surface area contributed by atoms with Crippen LogP contribution in [-0.2, 0) is 14.7 Å². The molecule has 1 aromatic heterocycles. The van der Waals surface area contributed by atoms with Crippen molar-refractivity contribution < 1.29 is 9.31 Å². The quantitative estimate of drug-likeness (QED) is 0.361. The molecule has 0 spiro atoms. The van der Waals surface area contributed by atoms with Gasteiger partial charge < -0.3 is 9.31 Å². The largest absolute Gasteiger partial charge is 0.494 e. The molecule has 2 aliphatic rings. The minimum atomic E-state index is -0.475. The molecule has 162 valence electrons. The summed E-state index contributed by atoms with van der Waals surface area (Å²) < 4.78 is 12.5. The Morgan fingerprint density at radius 1 is 0.788 bits per heavy atom. The van der Waals surface area contributed by atoms with Gasteiger partial charge >= 0.3 is 7.12 Å². The van der Waals surface area contributed by atoms with Crippen LogP contribution < -0.4 is 5.46 Å². The van der Waals surface area contributed by atoms with E-state index in [4.69, 9.17) is 14.3 Å². The van der Waals surface area contributed by atoms with Crippen molar-refractivity contribution in [2.75, 3.05) is 0 Å². The van der Waals surface area contributed by atoms with Gasteiger partial charge in [-0.05, 0) is 66.2 Å². The highest BCUT2D eigenvalue weighted by Gasteiger charge is 2.48. The number of fused-ring (bicyclic) bond motifs is 3. The van der Waals surface area contributed by atoms with Crippen molar-refractivity contribution in [2.45, 2.75) is 37.9 Å². The molecule has 2 atom stereocenters. The van der Waals surface area contributed by atoms with Crippen LogP contribution in [-0.4, -0.2) is 23.8 Å². The van der Waals surface area contributed by atoms with Crippen LogP contribution in [0.2, 0.25) is 0 Å². The third-order valence-corrected chi connectivity index (χ3v) is 7.31. The maximum atomic E-state index is 6.28. The summed E-state index contributed by atoms with van der Waals surface area (Å²) >= 11 is 0. The van der Waals surface area contributed by atoms with E-state index in [0.717, 1.165) is 11.2 Å². The molecule has 33 heavy (non-hydrogen) atoms. The molecule has 3 aromatic carbocycles. The van der Waals surface area contributed by atoms with E-state index in [1.807, 2.05) is 12.3 Å². The average Bonchev–Trinajstić information content (AvgIpc) is 3.30. The summed E-state index contributed by atoms with van der Waals surface area (Å²) in [7, 11) is -0.367. The minimum Gasteiger partial charge on any atom is -0.402 e. The molecule has 0 saturated carbocycles. The zero-order chi connectivity index (χ0) is 22.6. The van der Waals surface area contributed by atoms with Gasteiger partial charge in [0, 0.05) is 6.20 Å². The van der Waals surface area contributed by atoms with Crippen molar-refractivity contribution in [3.05, 3.63) is 120 Å². The molecule has 3 nitrogen and oxygen atoms in total. The SMILES string of the molecule is CC1OB(c2ccc3c(c2)-c2ccccc2C3(c2ccccc2)c2ccccn2)OC1(C)C. The van der Waals surface area contributed by atoms with Crippen LogP contribution in [0, 0.1) is 0 Å². The topological polar surface area (TPSA) is 31.4 Å². The van der Waals surface area contributed by atoms with E-state index in [0.29, 0.717) is 0 Å². The van der Waals surface area contributed by atoms with Crippen LogP contribution in [0.25, 0.3) is 11.1 Å². The smallest absolute Gasteiger partial charge is 0.402 e.